The summed E-state index contributed by atoms with van der Waals surface area (Å²) in [5.74, 6) is 7.14. The maximum atomic E-state index is 12.4. The maximum absolute atomic E-state index is 12.4. The molecule has 0 spiro atoms. The van der Waals surface area contributed by atoms with E-state index in [1.807, 2.05) is 42.3 Å². The summed E-state index contributed by atoms with van der Waals surface area (Å²) in [5.41, 5.74) is 0.907. The van der Waals surface area contributed by atoms with Gasteiger partial charge in [-0.25, -0.2) is 4.68 Å². The highest BCUT2D eigenvalue weighted by atomic mass is 32.2. The van der Waals surface area contributed by atoms with E-state index in [-0.39, 0.29) is 5.91 Å². The fourth-order valence-electron chi connectivity index (χ4n) is 3.06. The van der Waals surface area contributed by atoms with Gasteiger partial charge in [0, 0.05) is 18.7 Å². The van der Waals surface area contributed by atoms with Gasteiger partial charge in [0.1, 0.15) is 0 Å². The lowest BCUT2D eigenvalue weighted by atomic mass is 9.94. The monoisotopic (exact) mass is 345 g/mol. The quantitative estimate of drug-likeness (QED) is 0.666. The fraction of sp³-hybridized carbons (Fsp3) is 0.471. The summed E-state index contributed by atoms with van der Waals surface area (Å²) in [7, 11) is 1.90. The van der Waals surface area contributed by atoms with Crippen LogP contribution >= 0.6 is 11.8 Å². The van der Waals surface area contributed by atoms with Crippen molar-refractivity contribution >= 4 is 17.7 Å². The van der Waals surface area contributed by atoms with E-state index >= 15 is 0 Å². The number of nitrogens with two attached hydrogens (primary N) is 1. The summed E-state index contributed by atoms with van der Waals surface area (Å²) in [6.07, 6.45) is 5.93. The van der Waals surface area contributed by atoms with Crippen molar-refractivity contribution in [1.29, 1.82) is 0 Å². The predicted molar refractivity (Wildman–Crippen MR) is 96.0 cm³/mol. The van der Waals surface area contributed by atoms with E-state index in [1.54, 1.807) is 0 Å². The van der Waals surface area contributed by atoms with Gasteiger partial charge in [-0.15, -0.1) is 10.2 Å². The summed E-state index contributed by atoms with van der Waals surface area (Å²) in [5, 5.41) is 8.81. The van der Waals surface area contributed by atoms with Crippen LogP contribution in [0.2, 0.25) is 0 Å². The second-order valence-electron chi connectivity index (χ2n) is 6.13. The van der Waals surface area contributed by atoms with Crippen LogP contribution in [0, 0.1) is 0 Å². The van der Waals surface area contributed by atoms with Crippen molar-refractivity contribution < 1.29 is 4.79 Å². The van der Waals surface area contributed by atoms with Crippen LogP contribution in [-0.4, -0.2) is 44.5 Å². The highest BCUT2D eigenvalue weighted by Crippen LogP contribution is 2.24. The Labute approximate surface area is 146 Å². The molecular formula is C17H23N5OS. The second kappa shape index (κ2) is 7.70. The molecule has 6 nitrogen and oxygen atoms in total. The molecule has 1 aromatic carbocycles. The molecule has 7 heteroatoms. The molecule has 24 heavy (non-hydrogen) atoms. The molecule has 0 saturated heterocycles. The van der Waals surface area contributed by atoms with Crippen molar-refractivity contribution in [2.75, 3.05) is 18.6 Å². The fourth-order valence-corrected chi connectivity index (χ4v) is 3.84. The minimum absolute atomic E-state index is 0.121. The molecule has 1 aromatic heterocycles. The van der Waals surface area contributed by atoms with E-state index in [0.717, 1.165) is 18.4 Å². The molecule has 1 heterocycles. The second-order valence-corrected chi connectivity index (χ2v) is 7.07. The lowest BCUT2D eigenvalue weighted by Gasteiger charge is -2.31. The van der Waals surface area contributed by atoms with Crippen molar-refractivity contribution in [3.8, 4) is 11.4 Å². The Balaban J connectivity index is 1.60. The molecule has 0 unspecified atom stereocenters. The molecule has 0 radical (unpaired) electrons. The minimum Gasteiger partial charge on any atom is -0.342 e. The zero-order chi connectivity index (χ0) is 16.9. The van der Waals surface area contributed by atoms with E-state index in [2.05, 4.69) is 10.2 Å². The number of benzene rings is 1. The van der Waals surface area contributed by atoms with Crippen molar-refractivity contribution in [1.82, 2.24) is 19.8 Å². The van der Waals surface area contributed by atoms with Crippen LogP contribution in [0.4, 0.5) is 0 Å². The molecule has 0 bridgehead atoms. The van der Waals surface area contributed by atoms with Gasteiger partial charge in [0.2, 0.25) is 11.1 Å². The van der Waals surface area contributed by atoms with E-state index in [0.29, 0.717) is 22.8 Å². The average Bonchev–Trinajstić information content (AvgIpc) is 3.01. The lowest BCUT2D eigenvalue weighted by molar-refractivity contribution is -0.129. The number of nitrogens with zero attached hydrogens (tertiary/aromatic N) is 4. The zero-order valence-corrected chi connectivity index (χ0v) is 14.7. The normalized spacial score (nSPS) is 15.4. The Morgan fingerprint density at radius 3 is 2.67 bits per heavy atom. The third-order valence-corrected chi connectivity index (χ3v) is 5.46. The Morgan fingerprint density at radius 1 is 1.25 bits per heavy atom. The van der Waals surface area contributed by atoms with Gasteiger partial charge in [0.15, 0.2) is 5.82 Å². The summed E-state index contributed by atoms with van der Waals surface area (Å²) in [4.78, 5) is 14.3. The van der Waals surface area contributed by atoms with Crippen molar-refractivity contribution in [2.24, 2.45) is 0 Å². The molecule has 0 aliphatic heterocycles. The van der Waals surface area contributed by atoms with Crippen LogP contribution in [0.5, 0.6) is 0 Å². The van der Waals surface area contributed by atoms with Crippen LogP contribution in [-0.2, 0) is 4.79 Å². The minimum atomic E-state index is 0.121. The molecule has 1 aliphatic carbocycles. The van der Waals surface area contributed by atoms with Gasteiger partial charge in [-0.1, -0.05) is 61.4 Å². The molecule has 1 aliphatic rings. The van der Waals surface area contributed by atoms with Crippen LogP contribution < -0.4 is 5.84 Å². The Morgan fingerprint density at radius 2 is 1.96 bits per heavy atom. The molecule has 128 valence electrons. The standard InChI is InChI=1S/C17H23N5OS/c1-21(14-10-6-3-7-11-14)15(23)12-24-17-20-19-16(22(17)18)13-8-4-2-5-9-13/h2,4-5,8-9,14H,3,6-7,10-12,18H2,1H3. The predicted octanol–water partition coefficient (Wildman–Crippen LogP) is 2.54. The molecular weight excluding hydrogens is 322 g/mol. The number of hydrogen-bond donors (Lipinski definition) is 1. The maximum Gasteiger partial charge on any atom is 0.233 e. The molecule has 3 rings (SSSR count). The Kier molecular flexibility index (Phi) is 5.40. The van der Waals surface area contributed by atoms with Crippen LogP contribution in [0.15, 0.2) is 35.5 Å². The number of rotatable bonds is 5. The summed E-state index contributed by atoms with van der Waals surface area (Å²) < 4.78 is 1.45. The molecule has 1 saturated carbocycles. The van der Waals surface area contributed by atoms with Gasteiger partial charge in [0.25, 0.3) is 0 Å². The number of thioether (sulfide) groups is 1. The van der Waals surface area contributed by atoms with E-state index in [1.165, 1.54) is 35.7 Å². The van der Waals surface area contributed by atoms with Crippen molar-refractivity contribution in [3.05, 3.63) is 30.3 Å². The highest BCUT2D eigenvalue weighted by molar-refractivity contribution is 7.99. The van der Waals surface area contributed by atoms with Crippen LogP contribution in [0.3, 0.4) is 0 Å². The number of nitrogen functional groups attached to an aromatic ring is 1. The topological polar surface area (TPSA) is 77.0 Å². The van der Waals surface area contributed by atoms with Gasteiger partial charge in [-0.2, -0.15) is 0 Å². The average molecular weight is 345 g/mol. The first-order valence-electron chi connectivity index (χ1n) is 8.31. The van der Waals surface area contributed by atoms with Gasteiger partial charge >= 0.3 is 0 Å². The molecule has 1 fully saturated rings. The third kappa shape index (κ3) is 3.72. The van der Waals surface area contributed by atoms with Crippen LogP contribution in [0.1, 0.15) is 32.1 Å². The number of aromatic nitrogens is 3. The number of carbonyl (C=O) groups is 1. The van der Waals surface area contributed by atoms with Gasteiger partial charge < -0.3 is 10.7 Å². The highest BCUT2D eigenvalue weighted by Gasteiger charge is 2.22. The van der Waals surface area contributed by atoms with Crippen molar-refractivity contribution in [2.45, 2.75) is 43.3 Å². The first-order chi connectivity index (χ1) is 11.7. The van der Waals surface area contributed by atoms with Crippen LogP contribution in [0.25, 0.3) is 11.4 Å². The Hall–Kier alpha value is -2.02. The summed E-state index contributed by atoms with van der Waals surface area (Å²) in [6.45, 7) is 0. The third-order valence-electron chi connectivity index (χ3n) is 4.54. The molecule has 1 amide bonds. The SMILES string of the molecule is CN(C(=O)CSc1nnc(-c2ccccc2)n1N)C1CCCCC1. The van der Waals surface area contributed by atoms with Gasteiger partial charge in [0.05, 0.1) is 5.75 Å². The first-order valence-corrected chi connectivity index (χ1v) is 9.29. The van der Waals surface area contributed by atoms with Crippen molar-refractivity contribution in [3.63, 3.8) is 0 Å². The summed E-state index contributed by atoms with van der Waals surface area (Å²) in [6, 6.07) is 10.0. The molecule has 0 atom stereocenters. The van der Waals surface area contributed by atoms with Gasteiger partial charge in [-0.3, -0.25) is 4.79 Å². The van der Waals surface area contributed by atoms with E-state index < -0.39 is 0 Å². The van der Waals surface area contributed by atoms with E-state index in [9.17, 15) is 4.79 Å². The smallest absolute Gasteiger partial charge is 0.233 e. The lowest BCUT2D eigenvalue weighted by Crippen LogP contribution is -2.39. The number of amides is 1. The van der Waals surface area contributed by atoms with E-state index in [4.69, 9.17) is 5.84 Å². The molecule has 2 N–H and O–H groups in total. The summed E-state index contributed by atoms with van der Waals surface area (Å²) >= 11 is 1.34. The number of carbonyl (C=O) groups excluding carboxylic acids is 1. The largest absolute Gasteiger partial charge is 0.342 e. The first kappa shape index (κ1) is 16.8. The number of hydrogen-bond acceptors (Lipinski definition) is 5. The molecule has 2 aromatic rings. The zero-order valence-electron chi connectivity index (χ0n) is 13.9. The Bertz CT molecular complexity index is 682. The van der Waals surface area contributed by atoms with Gasteiger partial charge in [-0.05, 0) is 12.8 Å².